The first-order valence-corrected chi connectivity index (χ1v) is 6.53. The van der Waals surface area contributed by atoms with Crippen LogP contribution in [0.15, 0.2) is 30.3 Å². The molecule has 0 saturated heterocycles. The molecular weight excluding hydrogens is 222 g/mol. The van der Waals surface area contributed by atoms with Gasteiger partial charge in [0.05, 0.1) is 5.52 Å². The first-order chi connectivity index (χ1) is 8.60. The maximum absolute atomic E-state index is 5.76. The number of benzene rings is 1. The Morgan fingerprint density at radius 2 is 2.00 bits per heavy atom. The normalized spacial score (nSPS) is 14.4. The zero-order chi connectivity index (χ0) is 13.1. The van der Waals surface area contributed by atoms with Crippen molar-refractivity contribution in [1.29, 1.82) is 0 Å². The third-order valence-electron chi connectivity index (χ3n) is 3.59. The Morgan fingerprint density at radius 3 is 2.72 bits per heavy atom. The predicted molar refractivity (Wildman–Crippen MR) is 78.7 cm³/mol. The highest BCUT2D eigenvalue weighted by atomic mass is 15.0. The summed E-state index contributed by atoms with van der Waals surface area (Å²) in [6.07, 6.45) is 1.16. The van der Waals surface area contributed by atoms with Crippen molar-refractivity contribution in [1.82, 2.24) is 4.98 Å². The third-order valence-corrected chi connectivity index (χ3v) is 3.59. The first kappa shape index (κ1) is 12.7. The Labute approximate surface area is 108 Å². The van der Waals surface area contributed by atoms with E-state index in [2.05, 4.69) is 37.1 Å². The lowest BCUT2D eigenvalue weighted by atomic mass is 10.0. The number of rotatable bonds is 4. The Balaban J connectivity index is 2.22. The van der Waals surface area contributed by atoms with Gasteiger partial charge in [-0.2, -0.15) is 0 Å². The van der Waals surface area contributed by atoms with E-state index in [1.54, 1.807) is 0 Å². The fraction of sp³-hybridized carbons (Fsp3) is 0.400. The fourth-order valence-corrected chi connectivity index (χ4v) is 1.95. The molecule has 3 N–H and O–H groups in total. The van der Waals surface area contributed by atoms with Crippen molar-refractivity contribution in [3.8, 4) is 0 Å². The van der Waals surface area contributed by atoms with Crippen LogP contribution in [-0.4, -0.2) is 11.0 Å². The Hall–Kier alpha value is -1.77. The highest BCUT2D eigenvalue weighted by Crippen LogP contribution is 2.19. The minimum Gasteiger partial charge on any atom is -0.399 e. The second kappa shape index (κ2) is 5.25. The summed E-state index contributed by atoms with van der Waals surface area (Å²) >= 11 is 0. The van der Waals surface area contributed by atoms with Crippen LogP contribution >= 0.6 is 0 Å². The van der Waals surface area contributed by atoms with Gasteiger partial charge in [0.25, 0.3) is 0 Å². The number of pyridine rings is 1. The van der Waals surface area contributed by atoms with Crippen molar-refractivity contribution in [2.24, 2.45) is 5.92 Å². The number of hydrogen-bond acceptors (Lipinski definition) is 3. The summed E-state index contributed by atoms with van der Waals surface area (Å²) in [7, 11) is 0. The molecule has 0 spiro atoms. The van der Waals surface area contributed by atoms with Gasteiger partial charge in [0, 0.05) is 17.1 Å². The molecule has 2 atom stereocenters. The van der Waals surface area contributed by atoms with Crippen molar-refractivity contribution in [3.63, 3.8) is 0 Å². The van der Waals surface area contributed by atoms with Gasteiger partial charge in [-0.05, 0) is 43.2 Å². The molecule has 0 aliphatic carbocycles. The van der Waals surface area contributed by atoms with Crippen LogP contribution in [0.5, 0.6) is 0 Å². The van der Waals surface area contributed by atoms with Crippen LogP contribution in [0.25, 0.3) is 10.9 Å². The van der Waals surface area contributed by atoms with Gasteiger partial charge in [-0.3, -0.25) is 0 Å². The first-order valence-electron chi connectivity index (χ1n) is 6.53. The van der Waals surface area contributed by atoms with Gasteiger partial charge in [-0.25, -0.2) is 4.98 Å². The number of anilines is 2. The molecule has 18 heavy (non-hydrogen) atoms. The predicted octanol–water partition coefficient (Wildman–Crippen LogP) is 3.66. The van der Waals surface area contributed by atoms with Crippen LogP contribution in [0.3, 0.4) is 0 Å². The Kier molecular flexibility index (Phi) is 3.70. The van der Waals surface area contributed by atoms with Crippen LogP contribution < -0.4 is 11.1 Å². The summed E-state index contributed by atoms with van der Waals surface area (Å²) in [5.41, 5.74) is 7.51. The van der Waals surface area contributed by atoms with Gasteiger partial charge in [0.2, 0.25) is 0 Å². The summed E-state index contributed by atoms with van der Waals surface area (Å²) in [4.78, 5) is 4.61. The zero-order valence-electron chi connectivity index (χ0n) is 11.3. The largest absolute Gasteiger partial charge is 0.399 e. The lowest BCUT2D eigenvalue weighted by Crippen LogP contribution is -2.23. The van der Waals surface area contributed by atoms with Gasteiger partial charge < -0.3 is 11.1 Å². The van der Waals surface area contributed by atoms with E-state index in [9.17, 15) is 0 Å². The van der Waals surface area contributed by atoms with Gasteiger partial charge in [0.15, 0.2) is 0 Å². The fourth-order valence-electron chi connectivity index (χ4n) is 1.95. The molecule has 0 aliphatic rings. The van der Waals surface area contributed by atoms with Crippen LogP contribution in [-0.2, 0) is 0 Å². The molecule has 96 valence electrons. The van der Waals surface area contributed by atoms with Crippen molar-refractivity contribution >= 4 is 22.4 Å². The molecule has 3 nitrogen and oxygen atoms in total. The molecule has 1 heterocycles. The molecule has 1 aromatic heterocycles. The van der Waals surface area contributed by atoms with E-state index in [1.165, 1.54) is 0 Å². The van der Waals surface area contributed by atoms with Crippen LogP contribution in [0, 0.1) is 5.92 Å². The summed E-state index contributed by atoms with van der Waals surface area (Å²) < 4.78 is 0. The standard InChI is InChI=1S/C15H21N3/c1-4-10(2)11(3)17-15-8-5-12-9-13(16)6-7-14(12)18-15/h5-11H,4,16H2,1-3H3,(H,17,18). The van der Waals surface area contributed by atoms with Crippen molar-refractivity contribution in [3.05, 3.63) is 30.3 Å². The third kappa shape index (κ3) is 2.73. The summed E-state index contributed by atoms with van der Waals surface area (Å²) in [6, 6.07) is 10.3. The number of hydrogen-bond donors (Lipinski definition) is 2. The highest BCUT2D eigenvalue weighted by Gasteiger charge is 2.10. The van der Waals surface area contributed by atoms with Gasteiger partial charge >= 0.3 is 0 Å². The molecule has 2 rings (SSSR count). The van der Waals surface area contributed by atoms with Crippen LogP contribution in [0.2, 0.25) is 0 Å². The number of fused-ring (bicyclic) bond motifs is 1. The number of nitrogens with zero attached hydrogens (tertiary/aromatic N) is 1. The van der Waals surface area contributed by atoms with E-state index in [4.69, 9.17) is 5.73 Å². The lowest BCUT2D eigenvalue weighted by Gasteiger charge is -2.20. The monoisotopic (exact) mass is 243 g/mol. The molecule has 0 bridgehead atoms. The molecule has 0 aliphatic heterocycles. The number of aromatic nitrogens is 1. The highest BCUT2D eigenvalue weighted by molar-refractivity contribution is 5.83. The molecular formula is C15H21N3. The minimum absolute atomic E-state index is 0.425. The Morgan fingerprint density at radius 1 is 1.22 bits per heavy atom. The van der Waals surface area contributed by atoms with Gasteiger partial charge in [-0.15, -0.1) is 0 Å². The molecule has 0 radical (unpaired) electrons. The molecule has 0 fully saturated rings. The van der Waals surface area contributed by atoms with Crippen LogP contribution in [0.1, 0.15) is 27.2 Å². The molecule has 1 aromatic carbocycles. The van der Waals surface area contributed by atoms with E-state index in [0.717, 1.165) is 28.8 Å². The van der Waals surface area contributed by atoms with Crippen LogP contribution in [0.4, 0.5) is 11.5 Å². The molecule has 0 saturated carbocycles. The lowest BCUT2D eigenvalue weighted by molar-refractivity contribution is 0.493. The van der Waals surface area contributed by atoms with Crippen molar-refractivity contribution < 1.29 is 0 Å². The summed E-state index contributed by atoms with van der Waals surface area (Å²) in [5, 5.41) is 4.54. The average molecular weight is 243 g/mol. The van der Waals surface area contributed by atoms with E-state index < -0.39 is 0 Å². The number of nitrogens with one attached hydrogen (secondary N) is 1. The quantitative estimate of drug-likeness (QED) is 0.806. The maximum atomic E-state index is 5.76. The van der Waals surface area contributed by atoms with Gasteiger partial charge in [-0.1, -0.05) is 20.3 Å². The van der Waals surface area contributed by atoms with E-state index in [-0.39, 0.29) is 0 Å². The van der Waals surface area contributed by atoms with E-state index >= 15 is 0 Å². The number of nitrogens with two attached hydrogens (primary N) is 1. The molecule has 3 heteroatoms. The second-order valence-electron chi connectivity index (χ2n) is 4.97. The molecule has 2 unspecified atom stereocenters. The van der Waals surface area contributed by atoms with Crippen molar-refractivity contribution in [2.75, 3.05) is 11.1 Å². The van der Waals surface area contributed by atoms with E-state index in [0.29, 0.717) is 12.0 Å². The average Bonchev–Trinajstić information content (AvgIpc) is 2.38. The van der Waals surface area contributed by atoms with E-state index in [1.807, 2.05) is 24.3 Å². The minimum atomic E-state index is 0.425. The van der Waals surface area contributed by atoms with Crippen molar-refractivity contribution in [2.45, 2.75) is 33.2 Å². The SMILES string of the molecule is CCC(C)C(C)Nc1ccc2cc(N)ccc2n1. The smallest absolute Gasteiger partial charge is 0.126 e. The molecule has 0 amide bonds. The van der Waals surface area contributed by atoms with Gasteiger partial charge in [0.1, 0.15) is 5.82 Å². The summed E-state index contributed by atoms with van der Waals surface area (Å²) in [6.45, 7) is 6.65. The second-order valence-corrected chi connectivity index (χ2v) is 4.97. The molecule has 2 aromatic rings. The number of nitrogen functional groups attached to an aromatic ring is 1. The maximum Gasteiger partial charge on any atom is 0.126 e. The topological polar surface area (TPSA) is 50.9 Å². The summed E-state index contributed by atoms with van der Waals surface area (Å²) in [5.74, 6) is 1.56. The Bertz CT molecular complexity index is 536. The zero-order valence-corrected chi connectivity index (χ0v) is 11.3.